The molecule has 0 radical (unpaired) electrons. The minimum Gasteiger partial charge on any atom is -0.308 e. The molecule has 4 heteroatoms. The van der Waals surface area contributed by atoms with E-state index >= 15 is 0 Å². The van der Waals surface area contributed by atoms with Crippen LogP contribution >= 0.6 is 0 Å². The van der Waals surface area contributed by atoms with Crippen LogP contribution in [0.4, 0.5) is 0 Å². The molecule has 4 heterocycles. The van der Waals surface area contributed by atoms with E-state index in [0.717, 1.165) is 40.7 Å². The molecule has 0 aliphatic rings. The average Bonchev–Trinajstić information content (AvgIpc) is 1.71. The number of nitrogens with zero attached hydrogens (tertiary/aromatic N) is 4. The van der Waals surface area contributed by atoms with Crippen molar-refractivity contribution in [3.8, 4) is 34.4 Å². The first kappa shape index (κ1) is 49.1. The van der Waals surface area contributed by atoms with E-state index in [9.17, 15) is 10.5 Å². The van der Waals surface area contributed by atoms with Crippen LogP contribution < -0.4 is 0 Å². The number of benzene rings is 12. The lowest BCUT2D eigenvalue weighted by atomic mass is 9.87. The molecule has 0 aliphatic carbocycles. The molecule has 0 bridgehead atoms. The van der Waals surface area contributed by atoms with Gasteiger partial charge in [-0.05, 0) is 234 Å². The average molecular weight is 1070 g/mol. The predicted octanol–water partition coefficient (Wildman–Crippen LogP) is 21.9. The first-order chi connectivity index (χ1) is 40.4. The summed E-state index contributed by atoms with van der Waals surface area (Å²) >= 11 is 0. The molecule has 2 unspecified atom stereocenters. The summed E-state index contributed by atoms with van der Waals surface area (Å²) in [7, 11) is 0. The van der Waals surface area contributed by atoms with Crippen LogP contribution in [-0.4, -0.2) is 8.80 Å². The third kappa shape index (κ3) is 7.49. The molecule has 0 fully saturated rings. The van der Waals surface area contributed by atoms with Gasteiger partial charge < -0.3 is 8.80 Å². The fourth-order valence-corrected chi connectivity index (χ4v) is 14.4. The number of aromatic nitrogens is 2. The Hall–Kier alpha value is -9.74. The van der Waals surface area contributed by atoms with Crippen LogP contribution in [0.5, 0.6) is 0 Å². The number of aryl methyl sites for hydroxylation is 1. The largest absolute Gasteiger partial charge is 0.308 e. The van der Waals surface area contributed by atoms with Crippen LogP contribution in [0.3, 0.4) is 0 Å². The van der Waals surface area contributed by atoms with Crippen molar-refractivity contribution in [2.75, 3.05) is 0 Å². The van der Waals surface area contributed by atoms with Crippen LogP contribution in [-0.2, 0) is 0 Å². The second-order valence-electron chi connectivity index (χ2n) is 24.9. The Kier molecular flexibility index (Phi) is 10.7. The monoisotopic (exact) mass is 1060 g/mol. The molecule has 83 heavy (non-hydrogen) atoms. The van der Waals surface area contributed by atoms with Crippen molar-refractivity contribution in [2.24, 2.45) is 0 Å². The number of fused-ring (bicyclic) bond motifs is 16. The maximum absolute atomic E-state index is 9.99. The van der Waals surface area contributed by atoms with Crippen LogP contribution in [0.15, 0.2) is 188 Å². The van der Waals surface area contributed by atoms with E-state index in [-0.39, 0.29) is 0 Å². The van der Waals surface area contributed by atoms with Gasteiger partial charge in [0.1, 0.15) is 0 Å². The van der Waals surface area contributed by atoms with E-state index < -0.39 is 0 Å². The van der Waals surface area contributed by atoms with Crippen molar-refractivity contribution in [3.05, 3.63) is 227 Å². The first-order valence-electron chi connectivity index (χ1n) is 29.7. The van der Waals surface area contributed by atoms with Crippen LogP contribution in [0.1, 0.15) is 117 Å². The van der Waals surface area contributed by atoms with E-state index in [2.05, 4.69) is 233 Å². The lowest BCUT2D eigenvalue weighted by Gasteiger charge is -2.17. The van der Waals surface area contributed by atoms with E-state index in [0.29, 0.717) is 34.8 Å². The minimum atomic E-state index is 0.369. The molecule has 0 saturated carbocycles. The smallest absolute Gasteiger partial charge is 0.0991 e. The van der Waals surface area contributed by atoms with Gasteiger partial charge in [-0.15, -0.1) is 0 Å². The highest BCUT2D eigenvalue weighted by Crippen LogP contribution is 2.47. The van der Waals surface area contributed by atoms with Crippen molar-refractivity contribution in [3.63, 3.8) is 0 Å². The SMILES string of the molecule is Cc1ccc(C#N)cc1-c1cc2c3cc4cc(C(C)C)ccc4cc3n3c4cc5ccc(C(C)CCC(C)c6ccc7cc8c(cc7c6)c6cc(-c7cccc(C#N)c7)cc7c9cc%10cc(C(C)C)ccc%10cc9n8c76)cc5cc4c(c1)c23. The third-order valence-corrected chi connectivity index (χ3v) is 19.2. The summed E-state index contributed by atoms with van der Waals surface area (Å²) in [5, 5.41) is 39.9. The zero-order valence-electron chi connectivity index (χ0n) is 47.9. The molecule has 16 rings (SSSR count). The van der Waals surface area contributed by atoms with E-state index in [1.165, 1.54) is 142 Å². The van der Waals surface area contributed by atoms with Gasteiger partial charge in [0.2, 0.25) is 0 Å². The molecule has 0 saturated heterocycles. The van der Waals surface area contributed by atoms with Gasteiger partial charge in [-0.3, -0.25) is 0 Å². The van der Waals surface area contributed by atoms with Crippen molar-refractivity contribution >= 4 is 119 Å². The Bertz CT molecular complexity index is 5530. The number of hydrogen-bond acceptors (Lipinski definition) is 2. The molecule has 0 amide bonds. The highest BCUT2D eigenvalue weighted by Gasteiger charge is 2.24. The molecular formula is C79H60N4. The standard InChI is InChI=1S/C79H60N4/c1-43(2)50-15-19-55-37-74-66(29-59(55)25-50)70-33-63(54-10-8-9-48(23-54)41-80)34-71-67-31-61-27-52(17-21-57(61)39-75(67)82(74)78(70)71)45(5)11-12-46(6)53-18-22-58-40-77-69(32-62(58)28-53)73-36-64(65-24-49(42-81)14-13-47(65)7)35-72-68-30-60-26-51(44(3)4)16-20-56(60)38-76(68)83(77)79(72)73/h8-10,13-40,43-46H,11-12H2,1-7H3. The quantitative estimate of drug-likeness (QED) is 0.145. The summed E-state index contributed by atoms with van der Waals surface area (Å²) in [6, 6.07) is 75.8. The summed E-state index contributed by atoms with van der Waals surface area (Å²) in [5.41, 5.74) is 19.8. The molecule has 16 aromatic rings. The summed E-state index contributed by atoms with van der Waals surface area (Å²) < 4.78 is 5.03. The molecule has 2 atom stereocenters. The molecule has 4 aromatic heterocycles. The van der Waals surface area contributed by atoms with Gasteiger partial charge in [-0.25, -0.2) is 0 Å². The molecule has 12 aromatic carbocycles. The van der Waals surface area contributed by atoms with Crippen molar-refractivity contribution in [1.29, 1.82) is 10.5 Å². The number of hydrogen-bond donors (Lipinski definition) is 0. The molecule has 396 valence electrons. The van der Waals surface area contributed by atoms with E-state index in [4.69, 9.17) is 0 Å². The molecule has 0 aliphatic heterocycles. The van der Waals surface area contributed by atoms with Gasteiger partial charge in [0.05, 0.1) is 56.4 Å². The van der Waals surface area contributed by atoms with Crippen LogP contribution in [0, 0.1) is 29.6 Å². The van der Waals surface area contributed by atoms with Gasteiger partial charge in [-0.2, -0.15) is 10.5 Å². The molecule has 0 spiro atoms. The first-order valence-corrected chi connectivity index (χ1v) is 29.7. The van der Waals surface area contributed by atoms with Gasteiger partial charge in [0, 0.05) is 43.1 Å². The Morgan fingerprint density at radius 3 is 1.13 bits per heavy atom. The van der Waals surface area contributed by atoms with E-state index in [1.807, 2.05) is 24.3 Å². The van der Waals surface area contributed by atoms with Gasteiger partial charge >= 0.3 is 0 Å². The Morgan fingerprint density at radius 2 is 0.723 bits per heavy atom. The van der Waals surface area contributed by atoms with Gasteiger partial charge in [-0.1, -0.05) is 133 Å². The maximum atomic E-state index is 9.99. The summed E-state index contributed by atoms with van der Waals surface area (Å²) in [5.74, 6) is 1.64. The maximum Gasteiger partial charge on any atom is 0.0991 e. The Balaban J connectivity index is 0.753. The van der Waals surface area contributed by atoms with Gasteiger partial charge in [0.15, 0.2) is 0 Å². The normalized spacial score (nSPS) is 13.2. The third-order valence-electron chi connectivity index (χ3n) is 19.2. The minimum absolute atomic E-state index is 0.369. The highest BCUT2D eigenvalue weighted by atomic mass is 14.9. The number of nitriles is 2. The molecule has 4 nitrogen and oxygen atoms in total. The highest BCUT2D eigenvalue weighted by molar-refractivity contribution is 6.28. The zero-order chi connectivity index (χ0) is 56.3. The Morgan fingerprint density at radius 1 is 0.337 bits per heavy atom. The second kappa shape index (κ2) is 18.1. The van der Waals surface area contributed by atoms with Crippen LogP contribution in [0.25, 0.3) is 142 Å². The summed E-state index contributed by atoms with van der Waals surface area (Å²) in [6.45, 7) is 16.0. The summed E-state index contributed by atoms with van der Waals surface area (Å²) in [6.07, 6.45) is 2.14. The number of rotatable bonds is 9. The van der Waals surface area contributed by atoms with Crippen molar-refractivity contribution < 1.29 is 0 Å². The summed E-state index contributed by atoms with van der Waals surface area (Å²) in [4.78, 5) is 0. The van der Waals surface area contributed by atoms with Crippen molar-refractivity contribution in [2.45, 2.75) is 85.0 Å². The fourth-order valence-electron chi connectivity index (χ4n) is 14.4. The van der Waals surface area contributed by atoms with Crippen LogP contribution in [0.2, 0.25) is 0 Å². The molecule has 0 N–H and O–H groups in total. The predicted molar refractivity (Wildman–Crippen MR) is 352 cm³/mol. The lowest BCUT2D eigenvalue weighted by Crippen LogP contribution is -1.99. The Labute approximate surface area is 482 Å². The molecular weight excluding hydrogens is 1000 g/mol. The fraction of sp³-hybridized carbons (Fsp3) is 0.165. The van der Waals surface area contributed by atoms with Gasteiger partial charge in [0.25, 0.3) is 0 Å². The second-order valence-corrected chi connectivity index (χ2v) is 24.9. The topological polar surface area (TPSA) is 56.4 Å². The van der Waals surface area contributed by atoms with E-state index in [1.54, 1.807) is 0 Å². The lowest BCUT2D eigenvalue weighted by molar-refractivity contribution is 0.574. The zero-order valence-corrected chi connectivity index (χ0v) is 47.9. The van der Waals surface area contributed by atoms with Crippen molar-refractivity contribution in [1.82, 2.24) is 8.80 Å².